The number of carboxylic acid groups (broad SMARTS) is 1. The molecule has 0 fully saturated rings. The van der Waals surface area contributed by atoms with Gasteiger partial charge in [0, 0.05) is 11.5 Å². The van der Waals surface area contributed by atoms with Gasteiger partial charge in [-0.15, -0.1) is 12.4 Å². The van der Waals surface area contributed by atoms with Gasteiger partial charge in [-0.25, -0.2) is 4.79 Å². The van der Waals surface area contributed by atoms with Crippen LogP contribution in [0.15, 0.2) is 48.5 Å². The summed E-state index contributed by atoms with van der Waals surface area (Å²) in [6.07, 6.45) is 0. The fourth-order valence-electron chi connectivity index (χ4n) is 2.41. The molecule has 0 aliphatic heterocycles. The second-order valence-corrected chi connectivity index (χ2v) is 4.88. The number of aromatic nitrogens is 1. The molecule has 3 aromatic rings. The molecule has 0 aliphatic carbocycles. The molecule has 1 aromatic heterocycles. The van der Waals surface area contributed by atoms with Gasteiger partial charge >= 0.3 is 5.97 Å². The van der Waals surface area contributed by atoms with Gasteiger partial charge in [0.25, 0.3) is 0 Å². The SMILES string of the molecule is COc1cccc(-n2c(Cl)c(C(=O)O)c3ccccc32)c1.Cl. The summed E-state index contributed by atoms with van der Waals surface area (Å²) in [5.41, 5.74) is 1.60. The fraction of sp³-hybridized carbons (Fsp3) is 0.0625. The van der Waals surface area contributed by atoms with Gasteiger partial charge in [0.05, 0.1) is 18.3 Å². The quantitative estimate of drug-likeness (QED) is 0.769. The van der Waals surface area contributed by atoms with Crippen molar-refractivity contribution in [2.24, 2.45) is 0 Å². The van der Waals surface area contributed by atoms with Crippen LogP contribution in [0.3, 0.4) is 0 Å². The van der Waals surface area contributed by atoms with E-state index < -0.39 is 5.97 Å². The van der Waals surface area contributed by atoms with Crippen LogP contribution in [0, 0.1) is 0 Å². The van der Waals surface area contributed by atoms with Gasteiger partial charge in [-0.3, -0.25) is 4.57 Å². The second kappa shape index (κ2) is 6.30. The molecule has 0 saturated heterocycles. The van der Waals surface area contributed by atoms with Gasteiger partial charge in [-0.2, -0.15) is 0 Å². The summed E-state index contributed by atoms with van der Waals surface area (Å²) in [5.74, 6) is -0.365. The molecule has 4 nitrogen and oxygen atoms in total. The zero-order chi connectivity index (χ0) is 15.0. The summed E-state index contributed by atoms with van der Waals surface area (Å²) in [5, 5.41) is 10.2. The largest absolute Gasteiger partial charge is 0.497 e. The van der Waals surface area contributed by atoms with Crippen LogP contribution >= 0.6 is 24.0 Å². The highest BCUT2D eigenvalue weighted by Gasteiger charge is 2.21. The van der Waals surface area contributed by atoms with E-state index >= 15 is 0 Å². The number of aromatic carboxylic acids is 1. The van der Waals surface area contributed by atoms with Crippen molar-refractivity contribution in [1.82, 2.24) is 4.57 Å². The van der Waals surface area contributed by atoms with Crippen LogP contribution in [0.4, 0.5) is 0 Å². The number of hydrogen-bond acceptors (Lipinski definition) is 2. The van der Waals surface area contributed by atoms with Crippen molar-refractivity contribution in [3.05, 3.63) is 59.2 Å². The summed E-state index contributed by atoms with van der Waals surface area (Å²) in [6, 6.07) is 14.5. The van der Waals surface area contributed by atoms with Crippen molar-refractivity contribution in [3.8, 4) is 11.4 Å². The minimum atomic E-state index is -1.04. The van der Waals surface area contributed by atoms with E-state index in [1.807, 2.05) is 36.4 Å². The number of methoxy groups -OCH3 is 1. The van der Waals surface area contributed by atoms with E-state index in [1.54, 1.807) is 23.8 Å². The van der Waals surface area contributed by atoms with E-state index in [0.717, 1.165) is 11.2 Å². The first-order valence-electron chi connectivity index (χ1n) is 6.30. The molecule has 0 spiro atoms. The number of hydrogen-bond donors (Lipinski definition) is 1. The van der Waals surface area contributed by atoms with E-state index in [-0.39, 0.29) is 23.1 Å². The topological polar surface area (TPSA) is 51.5 Å². The number of nitrogens with zero attached hydrogens (tertiary/aromatic N) is 1. The molecular weight excluding hydrogens is 325 g/mol. The highest BCUT2D eigenvalue weighted by molar-refractivity contribution is 6.35. The van der Waals surface area contributed by atoms with Crippen molar-refractivity contribution in [2.45, 2.75) is 0 Å². The summed E-state index contributed by atoms with van der Waals surface area (Å²) in [4.78, 5) is 11.5. The Hall–Kier alpha value is -2.17. The molecule has 22 heavy (non-hydrogen) atoms. The predicted molar refractivity (Wildman–Crippen MR) is 89.0 cm³/mol. The third-order valence-electron chi connectivity index (χ3n) is 3.34. The Kier molecular flexibility index (Phi) is 4.64. The number of ether oxygens (including phenoxy) is 1. The summed E-state index contributed by atoms with van der Waals surface area (Å²) in [7, 11) is 1.58. The highest BCUT2D eigenvalue weighted by atomic mass is 35.5. The average molecular weight is 338 g/mol. The van der Waals surface area contributed by atoms with Crippen molar-refractivity contribution in [2.75, 3.05) is 7.11 Å². The molecule has 0 atom stereocenters. The third-order valence-corrected chi connectivity index (χ3v) is 3.70. The smallest absolute Gasteiger partial charge is 0.339 e. The van der Waals surface area contributed by atoms with Crippen molar-refractivity contribution >= 4 is 40.9 Å². The standard InChI is InChI=1S/C16H12ClNO3.ClH/c1-21-11-6-4-5-10(9-11)18-13-8-3-2-7-12(13)14(15(18)17)16(19)20;/h2-9H,1H3,(H,19,20);1H. The maximum Gasteiger partial charge on any atom is 0.339 e. The van der Waals surface area contributed by atoms with Crippen LogP contribution in [-0.2, 0) is 0 Å². The number of benzene rings is 2. The van der Waals surface area contributed by atoms with Crippen molar-refractivity contribution in [3.63, 3.8) is 0 Å². The molecule has 0 unspecified atom stereocenters. The van der Waals surface area contributed by atoms with Gasteiger partial charge in [0.1, 0.15) is 16.5 Å². The number of halogens is 2. The maximum absolute atomic E-state index is 11.5. The highest BCUT2D eigenvalue weighted by Crippen LogP contribution is 2.33. The monoisotopic (exact) mass is 337 g/mol. The molecule has 0 aliphatic rings. The van der Waals surface area contributed by atoms with Crippen molar-refractivity contribution < 1.29 is 14.6 Å². The number of carbonyl (C=O) groups is 1. The Morgan fingerprint density at radius 3 is 2.59 bits per heavy atom. The van der Waals surface area contributed by atoms with Gasteiger partial charge in [0.2, 0.25) is 0 Å². The van der Waals surface area contributed by atoms with E-state index in [2.05, 4.69) is 0 Å². The van der Waals surface area contributed by atoms with Crippen LogP contribution in [0.5, 0.6) is 5.75 Å². The van der Waals surface area contributed by atoms with Gasteiger partial charge in [-0.05, 0) is 18.2 Å². The Balaban J connectivity index is 0.00000176. The molecule has 6 heteroatoms. The second-order valence-electron chi connectivity index (χ2n) is 4.53. The number of carboxylic acids is 1. The molecule has 0 bridgehead atoms. The lowest BCUT2D eigenvalue weighted by Crippen LogP contribution is -1.98. The first kappa shape index (κ1) is 16.2. The zero-order valence-electron chi connectivity index (χ0n) is 11.6. The summed E-state index contributed by atoms with van der Waals surface area (Å²) in [6.45, 7) is 0. The average Bonchev–Trinajstić information content (AvgIpc) is 2.79. The summed E-state index contributed by atoms with van der Waals surface area (Å²) >= 11 is 6.32. The molecule has 1 heterocycles. The minimum absolute atomic E-state index is 0. The first-order chi connectivity index (χ1) is 10.1. The molecule has 114 valence electrons. The molecule has 0 radical (unpaired) electrons. The van der Waals surface area contributed by atoms with Crippen LogP contribution in [0.25, 0.3) is 16.6 Å². The molecule has 2 aromatic carbocycles. The fourth-order valence-corrected chi connectivity index (χ4v) is 2.79. The van der Waals surface area contributed by atoms with Gasteiger partial charge in [0.15, 0.2) is 0 Å². The molecule has 0 saturated carbocycles. The lowest BCUT2D eigenvalue weighted by atomic mass is 10.2. The van der Waals surface area contributed by atoms with Crippen LogP contribution in [-0.4, -0.2) is 22.8 Å². The number of para-hydroxylation sites is 1. The molecule has 3 rings (SSSR count). The number of rotatable bonds is 3. The maximum atomic E-state index is 11.5. The van der Waals surface area contributed by atoms with Gasteiger partial charge in [-0.1, -0.05) is 35.9 Å². The first-order valence-corrected chi connectivity index (χ1v) is 6.68. The van der Waals surface area contributed by atoms with E-state index in [1.165, 1.54) is 0 Å². The van der Waals surface area contributed by atoms with Crippen LogP contribution in [0.2, 0.25) is 5.15 Å². The van der Waals surface area contributed by atoms with E-state index in [9.17, 15) is 9.90 Å². The van der Waals surface area contributed by atoms with E-state index in [0.29, 0.717) is 11.1 Å². The molecule has 0 amide bonds. The Morgan fingerprint density at radius 2 is 1.91 bits per heavy atom. The third kappa shape index (κ3) is 2.51. The minimum Gasteiger partial charge on any atom is -0.497 e. The van der Waals surface area contributed by atoms with Crippen LogP contribution in [0.1, 0.15) is 10.4 Å². The lowest BCUT2D eigenvalue weighted by molar-refractivity contribution is 0.0699. The number of fused-ring (bicyclic) bond motifs is 1. The Morgan fingerprint density at radius 1 is 1.18 bits per heavy atom. The Bertz CT molecular complexity index is 843. The predicted octanol–water partition coefficient (Wildman–Crippen LogP) is 4.41. The normalized spacial score (nSPS) is 10.3. The zero-order valence-corrected chi connectivity index (χ0v) is 13.2. The Labute approximate surface area is 138 Å². The molecule has 1 N–H and O–H groups in total. The van der Waals surface area contributed by atoms with Gasteiger partial charge < -0.3 is 9.84 Å². The molecular formula is C16H13Cl2NO3. The van der Waals surface area contributed by atoms with Crippen LogP contribution < -0.4 is 4.74 Å². The van der Waals surface area contributed by atoms with Crippen molar-refractivity contribution in [1.29, 1.82) is 0 Å². The summed E-state index contributed by atoms with van der Waals surface area (Å²) < 4.78 is 6.92. The van der Waals surface area contributed by atoms with E-state index in [4.69, 9.17) is 16.3 Å². The lowest BCUT2D eigenvalue weighted by Gasteiger charge is -2.09.